The maximum absolute atomic E-state index is 13.2. The van der Waals surface area contributed by atoms with Crippen LogP contribution in [0.2, 0.25) is 5.02 Å². The summed E-state index contributed by atoms with van der Waals surface area (Å²) in [5, 5.41) is 10.2. The van der Waals surface area contributed by atoms with Gasteiger partial charge in [0.1, 0.15) is 10.8 Å². The second-order valence-corrected chi connectivity index (χ2v) is 5.96. The van der Waals surface area contributed by atoms with E-state index in [1.54, 1.807) is 19.9 Å². The minimum Gasteiger partial charge on any atom is -0.478 e. The Hall–Kier alpha value is -1.59. The summed E-state index contributed by atoms with van der Waals surface area (Å²) in [6.07, 6.45) is 0. The van der Waals surface area contributed by atoms with E-state index in [0.29, 0.717) is 26.9 Å². The highest BCUT2D eigenvalue weighted by Gasteiger charge is 2.16. The quantitative estimate of drug-likeness (QED) is 0.842. The molecule has 1 aromatic carbocycles. The minimum absolute atomic E-state index is 0.179. The largest absolute Gasteiger partial charge is 0.478 e. The maximum Gasteiger partial charge on any atom is 0.338 e. The first-order chi connectivity index (χ1) is 9.88. The van der Waals surface area contributed by atoms with E-state index in [1.807, 2.05) is 0 Å². The first-order valence-electron chi connectivity index (χ1n) is 6.16. The van der Waals surface area contributed by atoms with Crippen LogP contribution in [-0.4, -0.2) is 16.1 Å². The monoisotopic (exact) mass is 325 g/mol. The predicted molar refractivity (Wildman–Crippen MR) is 81.6 cm³/mol. The number of aromatic nitrogens is 1. The number of halogens is 2. The molecule has 2 aromatic rings. The van der Waals surface area contributed by atoms with Gasteiger partial charge in [0.15, 0.2) is 0 Å². The molecule has 0 bridgehead atoms. The van der Waals surface area contributed by atoms with Gasteiger partial charge in [0.05, 0.1) is 5.56 Å². The van der Waals surface area contributed by atoms with Crippen LogP contribution in [0.3, 0.4) is 0 Å². The van der Waals surface area contributed by atoms with Crippen LogP contribution < -0.4 is 0 Å². The molecule has 0 fully saturated rings. The molecule has 0 unspecified atom stereocenters. The van der Waals surface area contributed by atoms with Crippen molar-refractivity contribution in [3.05, 3.63) is 57.5 Å². The number of aryl methyl sites for hydroxylation is 2. The van der Waals surface area contributed by atoms with Gasteiger partial charge in [-0.25, -0.2) is 14.2 Å². The molecule has 1 heterocycles. The average Bonchev–Trinajstić information content (AvgIpc) is 2.38. The number of carbonyl (C=O) groups is 1. The van der Waals surface area contributed by atoms with Crippen molar-refractivity contribution >= 4 is 29.3 Å². The SMILES string of the molecule is Cc1cc(C)c(C(=O)O)c(SCc2cc(F)ccc2Cl)n1. The van der Waals surface area contributed by atoms with Gasteiger partial charge < -0.3 is 5.11 Å². The summed E-state index contributed by atoms with van der Waals surface area (Å²) in [7, 11) is 0. The van der Waals surface area contributed by atoms with E-state index < -0.39 is 5.97 Å². The Balaban J connectivity index is 2.31. The second kappa shape index (κ2) is 6.45. The maximum atomic E-state index is 13.2. The van der Waals surface area contributed by atoms with Crippen molar-refractivity contribution < 1.29 is 14.3 Å². The third kappa shape index (κ3) is 3.74. The molecule has 0 saturated heterocycles. The second-order valence-electron chi connectivity index (χ2n) is 4.59. The summed E-state index contributed by atoms with van der Waals surface area (Å²) < 4.78 is 13.2. The molecule has 0 aliphatic rings. The number of carboxylic acids is 1. The van der Waals surface area contributed by atoms with E-state index in [9.17, 15) is 14.3 Å². The number of hydrogen-bond donors (Lipinski definition) is 1. The lowest BCUT2D eigenvalue weighted by atomic mass is 10.1. The Labute approximate surface area is 131 Å². The minimum atomic E-state index is -1.02. The lowest BCUT2D eigenvalue weighted by Gasteiger charge is -2.10. The molecular weight excluding hydrogens is 313 g/mol. The summed E-state index contributed by atoms with van der Waals surface area (Å²) >= 11 is 7.25. The van der Waals surface area contributed by atoms with E-state index in [2.05, 4.69) is 4.98 Å². The van der Waals surface area contributed by atoms with Crippen molar-refractivity contribution in [3.63, 3.8) is 0 Å². The fourth-order valence-corrected chi connectivity index (χ4v) is 3.36. The van der Waals surface area contributed by atoms with Crippen molar-refractivity contribution in [3.8, 4) is 0 Å². The lowest BCUT2D eigenvalue weighted by Crippen LogP contribution is -2.05. The molecule has 1 aromatic heterocycles. The van der Waals surface area contributed by atoms with Crippen LogP contribution in [0, 0.1) is 19.7 Å². The van der Waals surface area contributed by atoms with Gasteiger partial charge in [-0.3, -0.25) is 0 Å². The Bertz CT molecular complexity index is 706. The van der Waals surface area contributed by atoms with Gasteiger partial charge in [-0.15, -0.1) is 11.8 Å². The first-order valence-corrected chi connectivity index (χ1v) is 7.53. The van der Waals surface area contributed by atoms with Crippen molar-refractivity contribution in [1.29, 1.82) is 0 Å². The van der Waals surface area contributed by atoms with Crippen LogP contribution in [0.1, 0.15) is 27.2 Å². The number of aromatic carboxylic acids is 1. The van der Waals surface area contributed by atoms with Gasteiger partial charge in [-0.2, -0.15) is 0 Å². The number of carboxylic acid groups (broad SMARTS) is 1. The lowest BCUT2D eigenvalue weighted by molar-refractivity contribution is 0.0691. The van der Waals surface area contributed by atoms with Gasteiger partial charge in [-0.05, 0) is 49.2 Å². The highest BCUT2D eigenvalue weighted by molar-refractivity contribution is 7.98. The third-order valence-electron chi connectivity index (χ3n) is 2.90. The van der Waals surface area contributed by atoms with Crippen LogP contribution in [0.15, 0.2) is 29.3 Å². The van der Waals surface area contributed by atoms with Crippen LogP contribution in [0.25, 0.3) is 0 Å². The zero-order valence-corrected chi connectivity index (χ0v) is 13.1. The van der Waals surface area contributed by atoms with Gasteiger partial charge in [0.2, 0.25) is 0 Å². The summed E-state index contributed by atoms with van der Waals surface area (Å²) in [4.78, 5) is 15.6. The molecule has 6 heteroatoms. The molecule has 3 nitrogen and oxygen atoms in total. The van der Waals surface area contributed by atoms with Crippen LogP contribution in [-0.2, 0) is 5.75 Å². The van der Waals surface area contributed by atoms with E-state index in [-0.39, 0.29) is 11.4 Å². The molecule has 0 spiro atoms. The number of hydrogen-bond acceptors (Lipinski definition) is 3. The highest BCUT2D eigenvalue weighted by Crippen LogP contribution is 2.30. The number of pyridine rings is 1. The van der Waals surface area contributed by atoms with Gasteiger partial charge in [-0.1, -0.05) is 11.6 Å². The van der Waals surface area contributed by atoms with E-state index in [0.717, 1.165) is 5.69 Å². The Morgan fingerprint density at radius 1 is 1.38 bits per heavy atom. The smallest absolute Gasteiger partial charge is 0.338 e. The zero-order valence-electron chi connectivity index (χ0n) is 11.5. The molecule has 0 radical (unpaired) electrons. The fraction of sp³-hybridized carbons (Fsp3) is 0.200. The summed E-state index contributed by atoms with van der Waals surface area (Å²) in [5.41, 5.74) is 2.19. The van der Waals surface area contributed by atoms with Crippen molar-refractivity contribution in [2.75, 3.05) is 0 Å². The Morgan fingerprint density at radius 2 is 2.10 bits per heavy atom. The molecule has 0 saturated carbocycles. The molecule has 0 amide bonds. The molecular formula is C15H13ClFNO2S. The van der Waals surface area contributed by atoms with E-state index in [4.69, 9.17) is 11.6 Å². The van der Waals surface area contributed by atoms with Crippen LogP contribution in [0.5, 0.6) is 0 Å². The summed E-state index contributed by atoms with van der Waals surface area (Å²) in [6.45, 7) is 3.54. The molecule has 0 aliphatic carbocycles. The predicted octanol–water partition coefficient (Wildman–Crippen LogP) is 4.48. The molecule has 0 aliphatic heterocycles. The number of thioether (sulfide) groups is 1. The first kappa shape index (κ1) is 15.8. The summed E-state index contributed by atoms with van der Waals surface area (Å²) in [6, 6.07) is 5.84. The van der Waals surface area contributed by atoms with Crippen molar-refractivity contribution in [2.45, 2.75) is 24.6 Å². The number of rotatable bonds is 4. The van der Waals surface area contributed by atoms with E-state index in [1.165, 1.54) is 30.0 Å². The Kier molecular flexibility index (Phi) is 4.85. The normalized spacial score (nSPS) is 10.7. The molecule has 1 N–H and O–H groups in total. The third-order valence-corrected chi connectivity index (χ3v) is 4.29. The average molecular weight is 326 g/mol. The van der Waals surface area contributed by atoms with Gasteiger partial charge >= 0.3 is 5.97 Å². The topological polar surface area (TPSA) is 50.2 Å². The Morgan fingerprint density at radius 3 is 2.76 bits per heavy atom. The highest BCUT2D eigenvalue weighted by atomic mass is 35.5. The number of benzene rings is 1. The molecule has 2 rings (SSSR count). The molecule has 0 atom stereocenters. The fourth-order valence-electron chi connectivity index (χ4n) is 1.97. The van der Waals surface area contributed by atoms with Crippen LogP contribution >= 0.6 is 23.4 Å². The van der Waals surface area contributed by atoms with Crippen molar-refractivity contribution in [1.82, 2.24) is 4.98 Å². The molecule has 110 valence electrons. The zero-order chi connectivity index (χ0) is 15.6. The standard InChI is InChI=1S/C15H13ClFNO2S/c1-8-5-9(2)18-14(13(8)15(19)20)21-7-10-6-11(17)3-4-12(10)16/h3-6H,7H2,1-2H3,(H,19,20). The van der Waals surface area contributed by atoms with Crippen molar-refractivity contribution in [2.24, 2.45) is 0 Å². The van der Waals surface area contributed by atoms with E-state index >= 15 is 0 Å². The van der Waals surface area contributed by atoms with Crippen LogP contribution in [0.4, 0.5) is 4.39 Å². The molecule has 21 heavy (non-hydrogen) atoms. The number of nitrogens with zero attached hydrogens (tertiary/aromatic N) is 1. The van der Waals surface area contributed by atoms with Gasteiger partial charge in [0.25, 0.3) is 0 Å². The van der Waals surface area contributed by atoms with Gasteiger partial charge in [0, 0.05) is 16.5 Å². The summed E-state index contributed by atoms with van der Waals surface area (Å²) in [5.74, 6) is -1.04.